The molecule has 2 amide bonds. The van der Waals surface area contributed by atoms with Crippen LogP contribution in [-0.2, 0) is 4.79 Å². The summed E-state index contributed by atoms with van der Waals surface area (Å²) in [5.74, 6) is -0.291. The quantitative estimate of drug-likeness (QED) is 0.558. The highest BCUT2D eigenvalue weighted by atomic mass is 16.6. The number of nitro benzene ring substituents is 1. The van der Waals surface area contributed by atoms with E-state index in [4.69, 9.17) is 5.73 Å². The highest BCUT2D eigenvalue weighted by Gasteiger charge is 2.30. The van der Waals surface area contributed by atoms with Crippen LogP contribution in [0.3, 0.4) is 0 Å². The van der Waals surface area contributed by atoms with Gasteiger partial charge < -0.3 is 20.9 Å². The Bertz CT molecular complexity index is 759. The van der Waals surface area contributed by atoms with Gasteiger partial charge in [-0.25, -0.2) is 0 Å². The maximum atomic E-state index is 12.7. The minimum absolute atomic E-state index is 0.00530. The fourth-order valence-electron chi connectivity index (χ4n) is 3.10. The fraction of sp³-hybridized carbons (Fsp3) is 0.579. The second-order valence-corrected chi connectivity index (χ2v) is 7.68. The van der Waals surface area contributed by atoms with Crippen LogP contribution < -0.4 is 16.0 Å². The van der Waals surface area contributed by atoms with Crippen LogP contribution in [0.5, 0.6) is 0 Å². The molecule has 9 heteroatoms. The molecule has 0 aliphatic carbocycles. The van der Waals surface area contributed by atoms with E-state index in [1.54, 1.807) is 17.0 Å². The van der Waals surface area contributed by atoms with Crippen LogP contribution >= 0.6 is 0 Å². The lowest BCUT2D eigenvalue weighted by molar-refractivity contribution is -0.384. The van der Waals surface area contributed by atoms with E-state index in [1.807, 2.05) is 25.7 Å². The van der Waals surface area contributed by atoms with Crippen LogP contribution in [0.1, 0.15) is 38.1 Å². The largest absolute Gasteiger partial charge is 0.362 e. The van der Waals surface area contributed by atoms with E-state index in [-0.39, 0.29) is 29.6 Å². The van der Waals surface area contributed by atoms with Crippen LogP contribution in [0, 0.1) is 16.0 Å². The smallest absolute Gasteiger partial charge is 0.293 e. The van der Waals surface area contributed by atoms with E-state index in [9.17, 15) is 19.7 Å². The molecule has 28 heavy (non-hydrogen) atoms. The molecule has 2 rings (SSSR count). The zero-order valence-electron chi connectivity index (χ0n) is 16.9. The number of nitro groups is 1. The summed E-state index contributed by atoms with van der Waals surface area (Å²) >= 11 is 0. The van der Waals surface area contributed by atoms with E-state index in [2.05, 4.69) is 5.32 Å². The molecule has 0 spiro atoms. The number of carbonyl (C=O) groups excluding carboxylic acids is 2. The van der Waals surface area contributed by atoms with Crippen molar-refractivity contribution in [1.82, 2.24) is 10.2 Å². The van der Waals surface area contributed by atoms with Gasteiger partial charge >= 0.3 is 0 Å². The first-order valence-electron chi connectivity index (χ1n) is 9.40. The van der Waals surface area contributed by atoms with Crippen molar-refractivity contribution in [2.45, 2.75) is 33.2 Å². The van der Waals surface area contributed by atoms with Gasteiger partial charge in [-0.05, 0) is 25.0 Å². The Morgan fingerprint density at radius 1 is 1.29 bits per heavy atom. The monoisotopic (exact) mass is 391 g/mol. The Balaban J connectivity index is 2.25. The molecule has 0 aromatic heterocycles. The number of hydrogen-bond acceptors (Lipinski definition) is 6. The van der Waals surface area contributed by atoms with Gasteiger partial charge in [0.05, 0.1) is 10.5 Å². The Hall–Kier alpha value is -2.68. The summed E-state index contributed by atoms with van der Waals surface area (Å²) in [4.78, 5) is 38.9. The molecule has 1 aromatic carbocycles. The van der Waals surface area contributed by atoms with E-state index >= 15 is 0 Å². The molecule has 9 nitrogen and oxygen atoms in total. The third-order valence-electron chi connectivity index (χ3n) is 5.60. The minimum atomic E-state index is -0.604. The van der Waals surface area contributed by atoms with Crippen molar-refractivity contribution in [3.63, 3.8) is 0 Å². The van der Waals surface area contributed by atoms with Gasteiger partial charge in [-0.2, -0.15) is 0 Å². The number of anilines is 1. The number of hydrogen-bond donors (Lipinski definition) is 2. The molecule has 1 aromatic rings. The molecule has 1 fully saturated rings. The summed E-state index contributed by atoms with van der Waals surface area (Å²) in [5, 5.41) is 14.5. The third kappa shape index (κ3) is 4.59. The Morgan fingerprint density at radius 3 is 2.36 bits per heavy atom. The average molecular weight is 391 g/mol. The standard InChI is InChI=1S/C19H29N5O4/c1-13(2)19(4,12-20)21-18(26)15-5-6-16(17(11-15)24(27)28)23-9-7-22(8-10-23)14(3)25/h5-6,11,13H,7-10,12,20H2,1-4H3,(H,21,26). The zero-order valence-corrected chi connectivity index (χ0v) is 16.9. The first kappa shape index (κ1) is 21.6. The predicted octanol–water partition coefficient (Wildman–Crippen LogP) is 1.37. The van der Waals surface area contributed by atoms with Gasteiger partial charge in [0.25, 0.3) is 11.6 Å². The Labute approximate surface area is 165 Å². The number of nitrogens with zero attached hydrogens (tertiary/aromatic N) is 3. The molecule has 1 heterocycles. The van der Waals surface area contributed by atoms with Crippen molar-refractivity contribution >= 4 is 23.2 Å². The second kappa shape index (κ2) is 8.55. The van der Waals surface area contributed by atoms with E-state index < -0.39 is 16.4 Å². The summed E-state index contributed by atoms with van der Waals surface area (Å²) in [5.41, 5.74) is 5.76. The molecule has 0 saturated carbocycles. The fourth-order valence-corrected chi connectivity index (χ4v) is 3.10. The van der Waals surface area contributed by atoms with Gasteiger partial charge in [0.2, 0.25) is 5.91 Å². The summed E-state index contributed by atoms with van der Waals surface area (Å²) in [7, 11) is 0. The lowest BCUT2D eigenvalue weighted by Crippen LogP contribution is -2.55. The van der Waals surface area contributed by atoms with E-state index in [0.717, 1.165) is 0 Å². The van der Waals surface area contributed by atoms with Gasteiger partial charge in [-0.1, -0.05) is 13.8 Å². The van der Waals surface area contributed by atoms with Gasteiger partial charge in [-0.3, -0.25) is 19.7 Å². The van der Waals surface area contributed by atoms with Gasteiger partial charge in [0.15, 0.2) is 0 Å². The molecule has 0 radical (unpaired) electrons. The molecular formula is C19H29N5O4. The Morgan fingerprint density at radius 2 is 1.89 bits per heavy atom. The summed E-state index contributed by atoms with van der Waals surface area (Å²) < 4.78 is 0. The van der Waals surface area contributed by atoms with Crippen LogP contribution in [0.15, 0.2) is 18.2 Å². The normalized spacial score (nSPS) is 16.6. The van der Waals surface area contributed by atoms with Crippen LogP contribution in [0.2, 0.25) is 0 Å². The van der Waals surface area contributed by atoms with Crippen LogP contribution in [0.4, 0.5) is 11.4 Å². The van der Waals surface area contributed by atoms with Gasteiger partial charge in [0, 0.05) is 51.3 Å². The molecule has 1 unspecified atom stereocenters. The molecule has 0 bridgehead atoms. The Kier molecular flexibility index (Phi) is 6.60. The molecule has 1 aliphatic heterocycles. The second-order valence-electron chi connectivity index (χ2n) is 7.68. The molecule has 1 aliphatic rings. The number of carbonyl (C=O) groups is 2. The predicted molar refractivity (Wildman–Crippen MR) is 107 cm³/mol. The zero-order chi connectivity index (χ0) is 21.1. The highest BCUT2D eigenvalue weighted by Crippen LogP contribution is 2.30. The first-order chi connectivity index (χ1) is 13.1. The van der Waals surface area contributed by atoms with E-state index in [1.165, 1.54) is 13.0 Å². The lowest BCUT2D eigenvalue weighted by Gasteiger charge is -2.35. The van der Waals surface area contributed by atoms with Crippen molar-refractivity contribution in [2.75, 3.05) is 37.6 Å². The lowest BCUT2D eigenvalue weighted by atomic mass is 9.88. The van der Waals surface area contributed by atoms with Crippen molar-refractivity contribution in [3.8, 4) is 0 Å². The van der Waals surface area contributed by atoms with Crippen molar-refractivity contribution in [3.05, 3.63) is 33.9 Å². The number of rotatable bonds is 6. The number of piperazine rings is 1. The summed E-state index contributed by atoms with van der Waals surface area (Å²) in [6.45, 7) is 9.57. The van der Waals surface area contributed by atoms with Gasteiger partial charge in [0.1, 0.15) is 5.69 Å². The first-order valence-corrected chi connectivity index (χ1v) is 9.40. The number of amides is 2. The maximum Gasteiger partial charge on any atom is 0.293 e. The summed E-state index contributed by atoms with van der Waals surface area (Å²) in [6, 6.07) is 4.50. The van der Waals surface area contributed by atoms with Crippen molar-refractivity contribution < 1.29 is 14.5 Å². The van der Waals surface area contributed by atoms with Gasteiger partial charge in [-0.15, -0.1) is 0 Å². The molecule has 154 valence electrons. The SMILES string of the molecule is CC(=O)N1CCN(c2ccc(C(=O)NC(C)(CN)C(C)C)cc2[N+](=O)[O-])CC1. The highest BCUT2D eigenvalue weighted by molar-refractivity contribution is 5.96. The topological polar surface area (TPSA) is 122 Å². The number of benzene rings is 1. The van der Waals surface area contributed by atoms with Crippen LogP contribution in [0.25, 0.3) is 0 Å². The molecule has 1 saturated heterocycles. The molecular weight excluding hydrogens is 362 g/mol. The van der Waals surface area contributed by atoms with Crippen molar-refractivity contribution in [1.29, 1.82) is 0 Å². The molecule has 1 atom stereocenters. The van der Waals surface area contributed by atoms with Crippen molar-refractivity contribution in [2.24, 2.45) is 11.7 Å². The number of nitrogens with two attached hydrogens (primary N) is 1. The van der Waals surface area contributed by atoms with E-state index in [0.29, 0.717) is 31.9 Å². The maximum absolute atomic E-state index is 12.7. The number of nitrogens with one attached hydrogen (secondary N) is 1. The molecule has 3 N–H and O–H groups in total. The minimum Gasteiger partial charge on any atom is -0.362 e. The average Bonchev–Trinajstić information content (AvgIpc) is 2.67. The van der Waals surface area contributed by atoms with Crippen LogP contribution in [-0.4, -0.2) is 59.9 Å². The third-order valence-corrected chi connectivity index (χ3v) is 5.60. The summed E-state index contributed by atoms with van der Waals surface area (Å²) in [6.07, 6.45) is 0.